The minimum atomic E-state index is -0.493. The number of rotatable bonds is 12. The van der Waals surface area contributed by atoms with Crippen molar-refractivity contribution in [2.24, 2.45) is 4.99 Å². The van der Waals surface area contributed by atoms with Crippen LogP contribution >= 0.6 is 23.1 Å². The van der Waals surface area contributed by atoms with Gasteiger partial charge in [-0.05, 0) is 43.5 Å². The lowest BCUT2D eigenvalue weighted by Gasteiger charge is -2.22. The number of unbranched alkanes of at least 4 members (excludes halogenated alkanes) is 3. The van der Waals surface area contributed by atoms with Crippen LogP contribution in [0.2, 0.25) is 0 Å². The van der Waals surface area contributed by atoms with Crippen molar-refractivity contribution in [3.63, 3.8) is 0 Å². The van der Waals surface area contributed by atoms with Gasteiger partial charge in [0.2, 0.25) is 11.6 Å². The van der Waals surface area contributed by atoms with Crippen molar-refractivity contribution in [3.05, 3.63) is 45.4 Å². The normalized spacial score (nSPS) is 19.5. The van der Waals surface area contributed by atoms with Crippen LogP contribution < -0.4 is 4.90 Å². The second kappa shape index (κ2) is 12.4. The highest BCUT2D eigenvalue weighted by molar-refractivity contribution is 8.18. The molecule has 0 saturated heterocycles. The fourth-order valence-electron chi connectivity index (χ4n) is 3.77. The molecular weight excluding hydrogens is 452 g/mol. The number of thioether (sulfide) groups is 1. The Balaban J connectivity index is 1.93. The molecule has 0 radical (unpaired) electrons. The van der Waals surface area contributed by atoms with E-state index in [4.69, 9.17) is 4.74 Å². The zero-order chi connectivity index (χ0) is 23.8. The van der Waals surface area contributed by atoms with Crippen LogP contribution in [0, 0.1) is 0 Å². The number of methoxy groups -OCH3 is 1. The second-order valence-corrected chi connectivity index (χ2v) is 10.3. The lowest BCUT2D eigenvalue weighted by molar-refractivity contribution is -0.130. The van der Waals surface area contributed by atoms with Gasteiger partial charge in [0.05, 0.1) is 28.3 Å². The number of hydrogen-bond donors (Lipinski definition) is 0. The van der Waals surface area contributed by atoms with Crippen molar-refractivity contribution in [1.29, 1.82) is 0 Å². The van der Waals surface area contributed by atoms with Crippen LogP contribution in [-0.4, -0.2) is 43.4 Å². The van der Waals surface area contributed by atoms with Gasteiger partial charge in [-0.15, -0.1) is 11.3 Å². The van der Waals surface area contributed by atoms with E-state index in [1.807, 2.05) is 18.2 Å². The van der Waals surface area contributed by atoms with E-state index in [1.54, 1.807) is 11.3 Å². The van der Waals surface area contributed by atoms with Gasteiger partial charge < -0.3 is 9.64 Å². The fraction of sp³-hybridized carbons (Fsp3) is 0.500. The van der Waals surface area contributed by atoms with Crippen LogP contribution in [-0.2, 0) is 14.3 Å². The van der Waals surface area contributed by atoms with Crippen LogP contribution in [0.15, 0.2) is 45.5 Å². The number of nitrogens with zero attached hydrogens (tertiary/aromatic N) is 2. The summed E-state index contributed by atoms with van der Waals surface area (Å²) in [6.07, 6.45) is 10.4. The maximum absolute atomic E-state index is 13.1. The second-order valence-electron chi connectivity index (χ2n) is 8.15. The van der Waals surface area contributed by atoms with Crippen molar-refractivity contribution < 1.29 is 14.3 Å². The summed E-state index contributed by atoms with van der Waals surface area (Å²) in [7, 11) is 1.53. The van der Waals surface area contributed by atoms with Gasteiger partial charge in [-0.2, -0.15) is 0 Å². The number of carbonyl (C=O) groups excluding carboxylic acids is 2. The SMILES string of the molecule is CCCC/N=C1C=C/C(=C2\C(=O)C(=O)C(c3ccc(N(CCCC)CCCC)s3)=C2OC)S/1. The number of ketones is 2. The lowest BCUT2D eigenvalue weighted by atomic mass is 10.1. The molecule has 33 heavy (non-hydrogen) atoms. The topological polar surface area (TPSA) is 59.0 Å². The van der Waals surface area contributed by atoms with Gasteiger partial charge in [0.25, 0.3) is 0 Å². The summed E-state index contributed by atoms with van der Waals surface area (Å²) in [6, 6.07) is 4.02. The number of carbonyl (C=O) groups is 2. The first-order chi connectivity index (χ1) is 16.0. The summed E-state index contributed by atoms with van der Waals surface area (Å²) in [5.41, 5.74) is 0.751. The molecule has 3 rings (SSSR count). The Morgan fingerprint density at radius 3 is 2.21 bits per heavy atom. The Bertz CT molecular complexity index is 993. The zero-order valence-electron chi connectivity index (χ0n) is 20.1. The number of hydrogen-bond acceptors (Lipinski definition) is 7. The number of aliphatic imine (C=N–C) groups is 1. The first kappa shape index (κ1) is 25.5. The molecule has 0 amide bonds. The highest BCUT2D eigenvalue weighted by atomic mass is 32.2. The molecule has 0 saturated carbocycles. The predicted molar refractivity (Wildman–Crippen MR) is 141 cm³/mol. The van der Waals surface area contributed by atoms with Gasteiger partial charge in [0.1, 0.15) is 5.76 Å². The van der Waals surface area contributed by atoms with Crippen molar-refractivity contribution in [2.75, 3.05) is 31.6 Å². The number of Topliss-reactive ketones (excluding diaryl/α,β-unsaturated/α-hetero) is 2. The van der Waals surface area contributed by atoms with Gasteiger partial charge in [-0.3, -0.25) is 14.6 Å². The van der Waals surface area contributed by atoms with Crippen LogP contribution in [0.3, 0.4) is 0 Å². The van der Waals surface area contributed by atoms with Crippen LogP contribution in [0.5, 0.6) is 0 Å². The third-order valence-corrected chi connectivity index (χ3v) is 7.85. The number of anilines is 1. The van der Waals surface area contributed by atoms with E-state index in [-0.39, 0.29) is 0 Å². The van der Waals surface area contributed by atoms with Gasteiger partial charge >= 0.3 is 0 Å². The zero-order valence-corrected chi connectivity index (χ0v) is 21.7. The summed E-state index contributed by atoms with van der Waals surface area (Å²) in [6.45, 7) is 9.28. The van der Waals surface area contributed by atoms with Crippen molar-refractivity contribution in [1.82, 2.24) is 0 Å². The minimum absolute atomic E-state index is 0.364. The Labute approximate surface area is 205 Å². The van der Waals surface area contributed by atoms with Crippen molar-refractivity contribution in [2.45, 2.75) is 59.3 Å². The van der Waals surface area contributed by atoms with Crippen molar-refractivity contribution >= 4 is 50.3 Å². The maximum atomic E-state index is 13.1. The van der Waals surface area contributed by atoms with E-state index in [0.717, 1.165) is 78.0 Å². The fourth-order valence-corrected chi connectivity index (χ4v) is 5.80. The molecule has 2 heterocycles. The van der Waals surface area contributed by atoms with Gasteiger partial charge in [0, 0.05) is 29.4 Å². The van der Waals surface area contributed by atoms with E-state index in [2.05, 4.69) is 36.7 Å². The van der Waals surface area contributed by atoms with Crippen LogP contribution in [0.4, 0.5) is 5.00 Å². The largest absolute Gasteiger partial charge is 0.495 e. The molecule has 1 aromatic heterocycles. The van der Waals surface area contributed by atoms with Crippen LogP contribution in [0.25, 0.3) is 5.57 Å². The summed E-state index contributed by atoms with van der Waals surface area (Å²) in [5.74, 6) is -0.594. The monoisotopic (exact) mass is 486 g/mol. The standard InChI is InChI=1S/C26H34N2O3S2/c1-5-8-15-27-20-13-11-18(32-20)22-24(29)25(30)23(26(22)31-4)19-12-14-21(33-19)28(16-9-6-2)17-10-7-3/h11-14H,5-10,15-17H2,1-4H3/b22-18-,27-20-. The molecule has 1 aliphatic carbocycles. The van der Waals surface area contributed by atoms with E-state index in [0.29, 0.717) is 16.9 Å². The molecule has 0 unspecified atom stereocenters. The first-order valence-electron chi connectivity index (χ1n) is 11.9. The molecule has 0 aromatic carbocycles. The average molecular weight is 487 g/mol. The quantitative estimate of drug-likeness (QED) is 0.194. The Kier molecular flexibility index (Phi) is 9.56. The molecule has 0 bridgehead atoms. The van der Waals surface area contributed by atoms with Gasteiger partial charge in [-0.1, -0.05) is 51.8 Å². The lowest BCUT2D eigenvalue weighted by Crippen LogP contribution is -2.24. The van der Waals surface area contributed by atoms with E-state index in [1.165, 1.54) is 18.9 Å². The smallest absolute Gasteiger partial charge is 0.238 e. The number of ether oxygens (including phenoxy) is 1. The molecule has 5 nitrogen and oxygen atoms in total. The summed E-state index contributed by atoms with van der Waals surface area (Å²) in [4.78, 5) is 34.6. The third kappa shape index (κ3) is 5.87. The summed E-state index contributed by atoms with van der Waals surface area (Å²) in [5, 5.41) is 2.01. The van der Waals surface area contributed by atoms with Crippen molar-refractivity contribution in [3.8, 4) is 0 Å². The molecule has 7 heteroatoms. The average Bonchev–Trinajstić information content (AvgIpc) is 3.53. The molecule has 0 fully saturated rings. The van der Waals surface area contributed by atoms with Crippen LogP contribution in [0.1, 0.15) is 64.2 Å². The van der Waals surface area contributed by atoms with Gasteiger partial charge in [0.15, 0.2) is 0 Å². The number of allylic oxidation sites excluding steroid dienone is 3. The Morgan fingerprint density at radius 2 is 1.58 bits per heavy atom. The first-order valence-corrected chi connectivity index (χ1v) is 13.6. The molecule has 178 valence electrons. The molecule has 1 aliphatic heterocycles. The molecule has 0 atom stereocenters. The highest BCUT2D eigenvalue weighted by Gasteiger charge is 2.41. The Morgan fingerprint density at radius 1 is 0.909 bits per heavy atom. The summed E-state index contributed by atoms with van der Waals surface area (Å²) >= 11 is 3.00. The molecule has 2 aliphatic rings. The van der Waals surface area contributed by atoms with Gasteiger partial charge in [-0.25, -0.2) is 0 Å². The molecule has 0 spiro atoms. The predicted octanol–water partition coefficient (Wildman–Crippen LogP) is 6.42. The maximum Gasteiger partial charge on any atom is 0.238 e. The Hall–Kier alpha value is -2.12. The summed E-state index contributed by atoms with van der Waals surface area (Å²) < 4.78 is 5.66. The van der Waals surface area contributed by atoms with E-state index in [9.17, 15) is 9.59 Å². The minimum Gasteiger partial charge on any atom is -0.495 e. The molecular formula is C26H34N2O3S2. The molecule has 1 aromatic rings. The molecule has 0 N–H and O–H groups in total. The third-order valence-electron chi connectivity index (χ3n) is 5.65. The van der Waals surface area contributed by atoms with E-state index < -0.39 is 11.6 Å². The van der Waals surface area contributed by atoms with E-state index >= 15 is 0 Å². The number of thiophene rings is 1. The highest BCUT2D eigenvalue weighted by Crippen LogP contribution is 2.43.